The number of nitrogens with one attached hydrogen (secondary N) is 1. The molecule has 0 bridgehead atoms. The van der Waals surface area contributed by atoms with Gasteiger partial charge in [0.1, 0.15) is 11.6 Å². The van der Waals surface area contributed by atoms with E-state index in [1.54, 1.807) is 6.20 Å². The summed E-state index contributed by atoms with van der Waals surface area (Å²) in [4.78, 5) is 16.9. The lowest BCUT2D eigenvalue weighted by atomic mass is 10.1. The maximum Gasteiger partial charge on any atom is 0.251 e. The predicted molar refractivity (Wildman–Crippen MR) is 98.2 cm³/mol. The first kappa shape index (κ1) is 17.0. The van der Waals surface area contributed by atoms with E-state index in [0.717, 1.165) is 47.3 Å². The van der Waals surface area contributed by atoms with Crippen LogP contribution in [0.2, 0.25) is 0 Å². The van der Waals surface area contributed by atoms with E-state index in [9.17, 15) is 13.6 Å². The van der Waals surface area contributed by atoms with E-state index in [-0.39, 0.29) is 11.6 Å². The highest BCUT2D eigenvalue weighted by atomic mass is 19.1. The first-order valence-corrected chi connectivity index (χ1v) is 9.38. The van der Waals surface area contributed by atoms with Crippen LogP contribution >= 0.6 is 0 Å². The number of nitrogens with zero attached hydrogens (tertiary/aromatic N) is 3. The second kappa shape index (κ2) is 6.51. The number of hydrogen-bond acceptors (Lipinski definition) is 3. The molecule has 1 fully saturated rings. The molecule has 0 unspecified atom stereocenters. The molecule has 0 radical (unpaired) electrons. The Morgan fingerprint density at radius 3 is 2.64 bits per heavy atom. The number of carbonyl (C=O) groups is 1. The van der Waals surface area contributed by atoms with Crippen LogP contribution in [0.25, 0.3) is 5.69 Å². The monoisotopic (exact) mass is 380 g/mol. The SMILES string of the molecule is O=C(N[C@@H]1CCc2nn(-c3ccnc(C4CC4)c3)cc21)c1cc(F)cc(F)c1. The van der Waals surface area contributed by atoms with Crippen molar-refractivity contribution in [3.8, 4) is 5.69 Å². The van der Waals surface area contributed by atoms with Crippen molar-refractivity contribution in [3.05, 3.63) is 76.9 Å². The van der Waals surface area contributed by atoms with Gasteiger partial charge < -0.3 is 5.32 Å². The van der Waals surface area contributed by atoms with Crippen molar-refractivity contribution in [2.75, 3.05) is 0 Å². The minimum atomic E-state index is -0.769. The van der Waals surface area contributed by atoms with Crippen molar-refractivity contribution in [2.24, 2.45) is 0 Å². The molecule has 1 aromatic carbocycles. The van der Waals surface area contributed by atoms with Gasteiger partial charge in [-0.15, -0.1) is 0 Å². The van der Waals surface area contributed by atoms with E-state index in [1.165, 1.54) is 12.8 Å². The predicted octanol–water partition coefficient (Wildman–Crippen LogP) is 3.84. The van der Waals surface area contributed by atoms with Gasteiger partial charge in [0.25, 0.3) is 5.91 Å². The van der Waals surface area contributed by atoms with Gasteiger partial charge in [-0.2, -0.15) is 5.10 Å². The lowest BCUT2D eigenvalue weighted by molar-refractivity contribution is 0.0935. The minimum absolute atomic E-state index is 0.0263. The standard InChI is InChI=1S/C21H18F2N4O/c22-14-7-13(8-15(23)9-14)21(28)25-18-3-4-19-17(18)11-27(26-19)16-5-6-24-20(10-16)12-1-2-12/h5-12,18H,1-4H2,(H,25,28)/t18-/m1/s1. The molecule has 1 atom stereocenters. The molecular formula is C21H18F2N4O. The highest BCUT2D eigenvalue weighted by Gasteiger charge is 2.29. The zero-order valence-corrected chi connectivity index (χ0v) is 15.0. The van der Waals surface area contributed by atoms with Crippen LogP contribution in [0.3, 0.4) is 0 Å². The average Bonchev–Trinajstić information content (AvgIpc) is 3.34. The number of hydrogen-bond donors (Lipinski definition) is 1. The van der Waals surface area contributed by atoms with Crippen LogP contribution in [-0.4, -0.2) is 20.7 Å². The number of halogens is 2. The van der Waals surface area contributed by atoms with E-state index in [4.69, 9.17) is 0 Å². The molecule has 5 nitrogen and oxygen atoms in total. The van der Waals surface area contributed by atoms with Gasteiger partial charge in [0.15, 0.2) is 0 Å². The van der Waals surface area contributed by atoms with Gasteiger partial charge in [-0.25, -0.2) is 13.5 Å². The van der Waals surface area contributed by atoms with Crippen LogP contribution in [-0.2, 0) is 6.42 Å². The molecule has 5 rings (SSSR count). The Morgan fingerprint density at radius 1 is 1.11 bits per heavy atom. The number of amides is 1. The molecule has 2 heterocycles. The Labute approximate surface area is 160 Å². The molecule has 28 heavy (non-hydrogen) atoms. The number of rotatable bonds is 4. The molecule has 3 aromatic rings. The third-order valence-corrected chi connectivity index (χ3v) is 5.32. The van der Waals surface area contributed by atoms with Crippen LogP contribution in [0.5, 0.6) is 0 Å². The third-order valence-electron chi connectivity index (χ3n) is 5.32. The topological polar surface area (TPSA) is 59.8 Å². The van der Waals surface area contributed by atoms with Crippen LogP contribution < -0.4 is 5.32 Å². The van der Waals surface area contributed by atoms with Crippen LogP contribution in [0, 0.1) is 11.6 Å². The van der Waals surface area contributed by atoms with Crippen molar-refractivity contribution in [2.45, 2.75) is 37.6 Å². The van der Waals surface area contributed by atoms with E-state index in [1.807, 2.05) is 16.9 Å². The van der Waals surface area contributed by atoms with Gasteiger partial charge in [0, 0.05) is 41.2 Å². The molecule has 1 saturated carbocycles. The average molecular weight is 380 g/mol. The van der Waals surface area contributed by atoms with Crippen molar-refractivity contribution in [3.63, 3.8) is 0 Å². The van der Waals surface area contributed by atoms with Gasteiger partial charge in [0.2, 0.25) is 0 Å². The second-order valence-corrected chi connectivity index (χ2v) is 7.41. The Balaban J connectivity index is 1.38. The van der Waals surface area contributed by atoms with Crippen molar-refractivity contribution < 1.29 is 13.6 Å². The van der Waals surface area contributed by atoms with Gasteiger partial charge in [-0.3, -0.25) is 9.78 Å². The first-order valence-electron chi connectivity index (χ1n) is 9.38. The number of aromatic nitrogens is 3. The molecule has 2 aliphatic rings. The normalized spacial score (nSPS) is 18.1. The van der Waals surface area contributed by atoms with Gasteiger partial charge in [-0.1, -0.05) is 0 Å². The lowest BCUT2D eigenvalue weighted by Crippen LogP contribution is -2.27. The van der Waals surface area contributed by atoms with E-state index < -0.39 is 17.5 Å². The van der Waals surface area contributed by atoms with Crippen LogP contribution in [0.15, 0.2) is 42.7 Å². The summed E-state index contributed by atoms with van der Waals surface area (Å²) in [6.45, 7) is 0. The summed E-state index contributed by atoms with van der Waals surface area (Å²) < 4.78 is 28.6. The lowest BCUT2D eigenvalue weighted by Gasteiger charge is -2.13. The summed E-state index contributed by atoms with van der Waals surface area (Å²) in [6, 6.07) is 6.56. The van der Waals surface area contributed by atoms with Crippen molar-refractivity contribution in [1.82, 2.24) is 20.1 Å². The highest BCUT2D eigenvalue weighted by molar-refractivity contribution is 5.94. The van der Waals surface area contributed by atoms with E-state index in [0.29, 0.717) is 12.3 Å². The summed E-state index contributed by atoms with van der Waals surface area (Å²) in [5.74, 6) is -1.48. The second-order valence-electron chi connectivity index (χ2n) is 7.41. The molecule has 0 spiro atoms. The smallest absolute Gasteiger partial charge is 0.251 e. The summed E-state index contributed by atoms with van der Waals surface area (Å²) in [5.41, 5.74) is 3.88. The number of aryl methyl sites for hydroxylation is 1. The summed E-state index contributed by atoms with van der Waals surface area (Å²) >= 11 is 0. The fraction of sp³-hybridized carbons (Fsp3) is 0.286. The fourth-order valence-electron chi connectivity index (χ4n) is 3.74. The minimum Gasteiger partial charge on any atom is -0.345 e. The first-order chi connectivity index (χ1) is 13.6. The van der Waals surface area contributed by atoms with Gasteiger partial charge >= 0.3 is 0 Å². The third kappa shape index (κ3) is 3.17. The zero-order chi connectivity index (χ0) is 19.3. The molecular weight excluding hydrogens is 362 g/mol. The Bertz CT molecular complexity index is 1050. The Kier molecular flexibility index (Phi) is 3.96. The van der Waals surface area contributed by atoms with Gasteiger partial charge in [0.05, 0.1) is 17.4 Å². The van der Waals surface area contributed by atoms with E-state index >= 15 is 0 Å². The Hall–Kier alpha value is -3.09. The molecule has 1 amide bonds. The summed E-state index contributed by atoms with van der Waals surface area (Å²) in [6.07, 6.45) is 7.54. The Morgan fingerprint density at radius 2 is 1.89 bits per heavy atom. The molecule has 2 aromatic heterocycles. The maximum absolute atomic E-state index is 13.4. The van der Waals surface area contributed by atoms with Crippen molar-refractivity contribution in [1.29, 1.82) is 0 Å². The van der Waals surface area contributed by atoms with Crippen LogP contribution in [0.1, 0.15) is 58.5 Å². The highest BCUT2D eigenvalue weighted by Crippen LogP contribution is 2.39. The molecule has 0 aliphatic heterocycles. The molecule has 2 aliphatic carbocycles. The quantitative estimate of drug-likeness (QED) is 0.748. The van der Waals surface area contributed by atoms with Gasteiger partial charge in [-0.05, 0) is 49.9 Å². The largest absolute Gasteiger partial charge is 0.345 e. The molecule has 142 valence electrons. The van der Waals surface area contributed by atoms with Crippen molar-refractivity contribution >= 4 is 5.91 Å². The molecule has 7 heteroatoms. The molecule has 1 N–H and O–H groups in total. The number of pyridine rings is 1. The summed E-state index contributed by atoms with van der Waals surface area (Å²) in [7, 11) is 0. The molecule has 0 saturated heterocycles. The summed E-state index contributed by atoms with van der Waals surface area (Å²) in [5, 5.41) is 7.53. The van der Waals surface area contributed by atoms with Crippen LogP contribution in [0.4, 0.5) is 8.78 Å². The fourth-order valence-corrected chi connectivity index (χ4v) is 3.74. The number of carbonyl (C=O) groups excluding carboxylic acids is 1. The number of fused-ring (bicyclic) bond motifs is 1. The zero-order valence-electron chi connectivity index (χ0n) is 15.0. The number of benzene rings is 1. The van der Waals surface area contributed by atoms with E-state index in [2.05, 4.69) is 21.5 Å². The maximum atomic E-state index is 13.4.